The third-order valence-corrected chi connectivity index (χ3v) is 14.6. The first-order valence-electron chi connectivity index (χ1n) is 11.9. The van der Waals surface area contributed by atoms with Crippen molar-refractivity contribution >= 4 is 8.32 Å². The van der Waals surface area contributed by atoms with Crippen molar-refractivity contribution in [1.29, 1.82) is 0 Å². The van der Waals surface area contributed by atoms with Crippen LogP contribution in [0.2, 0.25) is 18.1 Å². The van der Waals surface area contributed by atoms with Crippen LogP contribution in [0.3, 0.4) is 0 Å². The monoisotopic (exact) mass is 400 g/mol. The largest absolute Gasteiger partial charge is 0.413 e. The zero-order chi connectivity index (χ0) is 20.5. The minimum absolute atomic E-state index is 0.306. The van der Waals surface area contributed by atoms with E-state index in [4.69, 9.17) is 4.43 Å². The Kier molecular flexibility index (Phi) is 4.91. The lowest BCUT2D eigenvalue weighted by Crippen LogP contribution is -2.53. The highest BCUT2D eigenvalue weighted by Crippen LogP contribution is 2.65. The minimum atomic E-state index is -1.71. The predicted octanol–water partition coefficient (Wildman–Crippen LogP) is 7.90. The molecule has 0 radical (unpaired) electrons. The molecule has 0 N–H and O–H groups in total. The molecule has 2 fully saturated rings. The third-order valence-electron chi connectivity index (χ3n) is 10.1. The van der Waals surface area contributed by atoms with Gasteiger partial charge < -0.3 is 4.43 Å². The van der Waals surface area contributed by atoms with Gasteiger partial charge in [0.05, 0.1) is 6.10 Å². The van der Waals surface area contributed by atoms with Gasteiger partial charge in [-0.05, 0) is 104 Å². The highest BCUT2D eigenvalue weighted by atomic mass is 28.4. The molecule has 0 aliphatic heterocycles. The van der Waals surface area contributed by atoms with Crippen LogP contribution in [0.25, 0.3) is 0 Å². The van der Waals surface area contributed by atoms with Crippen molar-refractivity contribution in [2.75, 3.05) is 0 Å². The van der Waals surface area contributed by atoms with E-state index in [9.17, 15) is 0 Å². The van der Waals surface area contributed by atoms with Gasteiger partial charge in [-0.3, -0.25) is 0 Å². The molecule has 0 aromatic rings. The Bertz CT molecular complexity index is 696. The summed E-state index contributed by atoms with van der Waals surface area (Å²) in [5.41, 5.74) is 4.10. The van der Waals surface area contributed by atoms with E-state index in [1.54, 1.807) is 11.1 Å². The number of hydrogen-bond donors (Lipinski definition) is 0. The molecule has 0 spiro atoms. The summed E-state index contributed by atoms with van der Waals surface area (Å²) in [6.45, 7) is 19.6. The van der Waals surface area contributed by atoms with Gasteiger partial charge in [-0.25, -0.2) is 0 Å². The molecule has 0 heterocycles. The highest BCUT2D eigenvalue weighted by molar-refractivity contribution is 6.74. The summed E-state index contributed by atoms with van der Waals surface area (Å²) >= 11 is 0. The Morgan fingerprint density at radius 3 is 2.43 bits per heavy atom. The first kappa shape index (κ1) is 20.9. The second-order valence-corrected chi connectivity index (χ2v) is 17.4. The molecule has 0 aromatic carbocycles. The first-order chi connectivity index (χ1) is 12.9. The molecule has 0 unspecified atom stereocenters. The molecule has 0 saturated heterocycles. The molecule has 0 amide bonds. The normalized spacial score (nSPS) is 43.6. The maximum Gasteiger partial charge on any atom is 0.192 e. The zero-order valence-electron chi connectivity index (χ0n) is 19.8. The molecule has 28 heavy (non-hydrogen) atoms. The van der Waals surface area contributed by atoms with E-state index in [0.29, 0.717) is 22.0 Å². The molecule has 0 aromatic heterocycles. The molecular weight excluding hydrogens is 356 g/mol. The van der Waals surface area contributed by atoms with Crippen LogP contribution in [0.5, 0.6) is 0 Å². The van der Waals surface area contributed by atoms with Gasteiger partial charge in [0.25, 0.3) is 0 Å². The Morgan fingerprint density at radius 1 is 1.04 bits per heavy atom. The van der Waals surface area contributed by atoms with E-state index in [0.717, 1.165) is 17.8 Å². The molecular formula is C26H44OSi. The fourth-order valence-electron chi connectivity index (χ4n) is 7.14. The van der Waals surface area contributed by atoms with Crippen LogP contribution < -0.4 is 0 Å². The third kappa shape index (κ3) is 3.04. The van der Waals surface area contributed by atoms with Crippen LogP contribution in [0.15, 0.2) is 23.3 Å². The van der Waals surface area contributed by atoms with Gasteiger partial charge in [0, 0.05) is 0 Å². The van der Waals surface area contributed by atoms with Crippen molar-refractivity contribution in [3.05, 3.63) is 23.3 Å². The molecule has 2 heteroatoms. The summed E-state index contributed by atoms with van der Waals surface area (Å²) in [7, 11) is -1.71. The Hall–Kier alpha value is -0.343. The van der Waals surface area contributed by atoms with Crippen LogP contribution in [-0.4, -0.2) is 14.4 Å². The van der Waals surface area contributed by atoms with Crippen LogP contribution in [-0.2, 0) is 4.43 Å². The van der Waals surface area contributed by atoms with Gasteiger partial charge in [-0.1, -0.05) is 52.3 Å². The average molecular weight is 401 g/mol. The Morgan fingerprint density at radius 2 is 1.75 bits per heavy atom. The molecule has 0 bridgehead atoms. The van der Waals surface area contributed by atoms with E-state index < -0.39 is 8.32 Å². The summed E-state index contributed by atoms with van der Waals surface area (Å²) in [4.78, 5) is 0. The summed E-state index contributed by atoms with van der Waals surface area (Å²) < 4.78 is 7.08. The molecule has 6 atom stereocenters. The van der Waals surface area contributed by atoms with Crippen molar-refractivity contribution in [1.82, 2.24) is 0 Å². The van der Waals surface area contributed by atoms with Gasteiger partial charge in [-0.15, -0.1) is 0 Å². The molecule has 1 nitrogen and oxygen atoms in total. The fraction of sp³-hybridized carbons (Fsp3) is 0.846. The Balaban J connectivity index is 1.59. The van der Waals surface area contributed by atoms with Crippen molar-refractivity contribution in [3.63, 3.8) is 0 Å². The topological polar surface area (TPSA) is 9.23 Å². The molecule has 2 saturated carbocycles. The van der Waals surface area contributed by atoms with Crippen molar-refractivity contribution in [2.24, 2.45) is 28.6 Å². The molecule has 4 aliphatic carbocycles. The minimum Gasteiger partial charge on any atom is -0.413 e. The highest BCUT2D eigenvalue weighted by Gasteiger charge is 2.59. The Labute approximate surface area is 175 Å². The maximum atomic E-state index is 7.08. The zero-order valence-corrected chi connectivity index (χ0v) is 20.8. The molecule has 158 valence electrons. The van der Waals surface area contributed by atoms with Crippen molar-refractivity contribution in [3.8, 4) is 0 Å². The summed E-state index contributed by atoms with van der Waals surface area (Å²) in [5.74, 6) is 2.64. The van der Waals surface area contributed by atoms with Gasteiger partial charge in [-0.2, -0.15) is 0 Å². The number of rotatable bonds is 2. The maximum absolute atomic E-state index is 7.08. The second-order valence-electron chi connectivity index (χ2n) is 12.7. The lowest BCUT2D eigenvalue weighted by Gasteiger charge is -2.57. The summed E-state index contributed by atoms with van der Waals surface area (Å²) in [6, 6.07) is 0. The lowest BCUT2D eigenvalue weighted by atomic mass is 9.48. The van der Waals surface area contributed by atoms with Gasteiger partial charge in [0.15, 0.2) is 8.32 Å². The van der Waals surface area contributed by atoms with Crippen molar-refractivity contribution in [2.45, 2.75) is 111 Å². The average Bonchev–Trinajstić information content (AvgIpc) is 2.91. The SMILES string of the molecule is CC1=CC2=CC[C@H]3[C@@H]4CC[C@H](O[Si](C)(C)C(C)(C)C)[C@@]4(C)CC[C@@H]3[C@@]2(C)CC1. The number of allylic oxidation sites excluding steroid dienone is 4. The van der Waals surface area contributed by atoms with E-state index in [1.165, 1.54) is 44.9 Å². The lowest BCUT2D eigenvalue weighted by molar-refractivity contribution is -0.0586. The fourth-order valence-corrected chi connectivity index (χ4v) is 8.60. The first-order valence-corrected chi connectivity index (χ1v) is 14.8. The van der Waals surface area contributed by atoms with E-state index in [2.05, 4.69) is 66.8 Å². The number of hydrogen-bond acceptors (Lipinski definition) is 1. The van der Waals surface area contributed by atoms with E-state index in [1.807, 2.05) is 0 Å². The van der Waals surface area contributed by atoms with Crippen molar-refractivity contribution < 1.29 is 4.43 Å². The van der Waals surface area contributed by atoms with E-state index in [-0.39, 0.29) is 0 Å². The summed E-state index contributed by atoms with van der Waals surface area (Å²) in [6.07, 6.45) is 15.1. The standard InChI is InChI=1S/C26H44OSi/c1-18-13-15-25(5)19(17-18)9-10-20-21-11-12-23(26(21,6)16-14-22(20)25)27-28(7,8)24(2,3)4/h9,17,20-23H,10-16H2,1-8H3/t20-,21-,22-,23-,25-,26-/m0/s1. The van der Waals surface area contributed by atoms with Crippen LogP contribution in [0, 0.1) is 28.6 Å². The van der Waals surface area contributed by atoms with E-state index >= 15 is 0 Å². The van der Waals surface area contributed by atoms with Crippen LogP contribution in [0.1, 0.15) is 86.5 Å². The second kappa shape index (κ2) is 6.58. The molecule has 4 aliphatic rings. The van der Waals surface area contributed by atoms with Crippen LogP contribution in [0.4, 0.5) is 0 Å². The quantitative estimate of drug-likeness (QED) is 0.428. The number of fused-ring (bicyclic) bond motifs is 5. The van der Waals surface area contributed by atoms with Gasteiger partial charge in [0.2, 0.25) is 0 Å². The smallest absolute Gasteiger partial charge is 0.192 e. The van der Waals surface area contributed by atoms with Gasteiger partial charge in [0.1, 0.15) is 0 Å². The van der Waals surface area contributed by atoms with Gasteiger partial charge >= 0.3 is 0 Å². The van der Waals surface area contributed by atoms with Crippen LogP contribution >= 0.6 is 0 Å². The predicted molar refractivity (Wildman–Crippen MR) is 123 cm³/mol. The summed E-state index contributed by atoms with van der Waals surface area (Å²) in [5, 5.41) is 0.306. The molecule has 4 rings (SSSR count).